The Kier molecular flexibility index (Phi) is 5.47. The fraction of sp³-hybridized carbons (Fsp3) is 0.480. The number of pyridine rings is 1. The number of aryl methyl sites for hydroxylation is 1. The number of aromatic amines is 1. The van der Waals surface area contributed by atoms with Crippen LogP contribution in [-0.4, -0.2) is 46.9 Å². The Morgan fingerprint density at radius 3 is 2.53 bits per heavy atom. The van der Waals surface area contributed by atoms with Gasteiger partial charge in [0, 0.05) is 22.7 Å². The third-order valence-electron chi connectivity index (χ3n) is 7.28. The summed E-state index contributed by atoms with van der Waals surface area (Å²) >= 11 is 0. The predicted molar refractivity (Wildman–Crippen MR) is 129 cm³/mol. The Hall–Kier alpha value is -2.77. The summed E-state index contributed by atoms with van der Waals surface area (Å²) in [6.45, 7) is 10.7. The number of fused-ring (bicyclic) bond motifs is 1. The number of hydrogen-bond donors (Lipinski definition) is 3. The molecule has 0 unspecified atom stereocenters. The van der Waals surface area contributed by atoms with Crippen molar-refractivity contribution < 1.29 is 4.74 Å². The van der Waals surface area contributed by atoms with Gasteiger partial charge in [-0.1, -0.05) is 19.9 Å². The van der Waals surface area contributed by atoms with Crippen molar-refractivity contribution in [3.8, 4) is 11.3 Å². The van der Waals surface area contributed by atoms with Crippen LogP contribution in [0.4, 0.5) is 0 Å². The van der Waals surface area contributed by atoms with E-state index in [1.807, 2.05) is 12.3 Å². The van der Waals surface area contributed by atoms with Crippen molar-refractivity contribution in [1.29, 1.82) is 0 Å². The quantitative estimate of drug-likeness (QED) is 0.434. The van der Waals surface area contributed by atoms with Gasteiger partial charge >= 0.3 is 0 Å². The van der Waals surface area contributed by atoms with E-state index in [1.54, 1.807) is 0 Å². The van der Waals surface area contributed by atoms with Gasteiger partial charge in [0.25, 0.3) is 0 Å². The first-order valence-electron chi connectivity index (χ1n) is 11.7. The molecule has 170 valence electrons. The number of aromatic nitrogens is 2. The number of nitrogens with two attached hydrogens (primary N) is 2. The molecule has 7 heteroatoms. The smallest absolute Gasteiger partial charge is 0.170 e. The topological polar surface area (TPSA) is 97.6 Å². The van der Waals surface area contributed by atoms with Gasteiger partial charge in [-0.2, -0.15) is 5.10 Å². The largest absolute Gasteiger partial charge is 0.378 e. The van der Waals surface area contributed by atoms with E-state index in [4.69, 9.17) is 16.4 Å². The zero-order valence-corrected chi connectivity index (χ0v) is 19.3. The Balaban J connectivity index is 1.52. The Morgan fingerprint density at radius 1 is 1.16 bits per heavy atom. The summed E-state index contributed by atoms with van der Waals surface area (Å²) in [6.07, 6.45) is 4.34. The van der Waals surface area contributed by atoms with Gasteiger partial charge in [-0.05, 0) is 79.6 Å². The molecule has 2 aromatic heterocycles. The fourth-order valence-electron chi connectivity index (χ4n) is 5.35. The lowest BCUT2D eigenvalue weighted by Crippen LogP contribution is -2.51. The van der Waals surface area contributed by atoms with Crippen molar-refractivity contribution in [1.82, 2.24) is 14.6 Å². The maximum atomic E-state index is 6.14. The van der Waals surface area contributed by atoms with Gasteiger partial charge in [0.05, 0.1) is 24.9 Å². The number of nitrogens with one attached hydrogen (secondary N) is 1. The van der Waals surface area contributed by atoms with E-state index < -0.39 is 0 Å². The maximum absolute atomic E-state index is 6.14. The van der Waals surface area contributed by atoms with Gasteiger partial charge in [-0.25, -0.2) is 0 Å². The second-order valence-corrected chi connectivity index (χ2v) is 9.64. The fourth-order valence-corrected chi connectivity index (χ4v) is 5.35. The van der Waals surface area contributed by atoms with Gasteiger partial charge in [0.15, 0.2) is 5.49 Å². The molecule has 0 bridgehead atoms. The van der Waals surface area contributed by atoms with Crippen molar-refractivity contribution in [2.45, 2.75) is 51.5 Å². The second kappa shape index (κ2) is 8.30. The molecule has 2 aliphatic rings. The van der Waals surface area contributed by atoms with Crippen molar-refractivity contribution in [3.05, 3.63) is 52.6 Å². The van der Waals surface area contributed by atoms with Crippen LogP contribution in [0.3, 0.4) is 0 Å². The number of ether oxygens (including phenoxy) is 1. The number of hydrogen-bond acceptors (Lipinski definition) is 5. The molecule has 0 amide bonds. The highest BCUT2D eigenvalue weighted by atomic mass is 16.5. The normalized spacial score (nSPS) is 19.2. The van der Waals surface area contributed by atoms with Crippen LogP contribution >= 0.6 is 0 Å². The van der Waals surface area contributed by atoms with E-state index in [9.17, 15) is 0 Å². The van der Waals surface area contributed by atoms with Crippen LogP contribution in [-0.2, 0) is 4.74 Å². The number of nitrogens with zero attached hydrogens (tertiary/aromatic N) is 3. The van der Waals surface area contributed by atoms with Crippen LogP contribution in [0, 0.1) is 6.92 Å². The van der Waals surface area contributed by atoms with E-state index in [0.29, 0.717) is 23.4 Å². The molecule has 0 aliphatic carbocycles. The lowest BCUT2D eigenvalue weighted by Gasteiger charge is -2.41. The molecule has 3 aromatic rings. The van der Waals surface area contributed by atoms with E-state index in [-0.39, 0.29) is 0 Å². The van der Waals surface area contributed by atoms with Crippen molar-refractivity contribution in [2.75, 3.05) is 32.1 Å². The molecule has 1 aromatic carbocycles. The zero-order valence-electron chi connectivity index (χ0n) is 19.3. The van der Waals surface area contributed by atoms with Gasteiger partial charge in [-0.3, -0.25) is 9.58 Å². The molecule has 7 nitrogen and oxygen atoms in total. The molecule has 0 spiro atoms. The molecule has 5 N–H and O–H groups in total. The minimum Gasteiger partial charge on any atom is -0.378 e. The van der Waals surface area contributed by atoms with Crippen LogP contribution < -0.4 is 17.2 Å². The highest BCUT2D eigenvalue weighted by molar-refractivity contribution is 5.92. The molecule has 0 atom stereocenters. The van der Waals surface area contributed by atoms with Crippen LogP contribution in [0.15, 0.2) is 35.6 Å². The van der Waals surface area contributed by atoms with E-state index in [1.165, 1.54) is 52.6 Å². The number of H-pyrrole nitrogens is 1. The summed E-state index contributed by atoms with van der Waals surface area (Å²) in [5.74, 6) is 12.6. The predicted octanol–water partition coefficient (Wildman–Crippen LogP) is 3.13. The summed E-state index contributed by atoms with van der Waals surface area (Å²) in [5.41, 5.74) is 7.83. The third-order valence-corrected chi connectivity index (χ3v) is 7.28. The van der Waals surface area contributed by atoms with E-state index >= 15 is 0 Å². The molecular weight excluding hydrogens is 400 g/mol. The number of benzene rings is 1. The van der Waals surface area contributed by atoms with Crippen LogP contribution in [0.1, 0.15) is 55.2 Å². The Labute approximate surface area is 189 Å². The second-order valence-electron chi connectivity index (χ2n) is 9.64. The molecule has 0 saturated carbocycles. The molecule has 2 aliphatic heterocycles. The van der Waals surface area contributed by atoms with Crippen molar-refractivity contribution >= 4 is 10.9 Å². The summed E-state index contributed by atoms with van der Waals surface area (Å²) in [7, 11) is 0. The standard InChI is InChI=1S/C25H34N6O/c1-15(2)24-20-11-18(17-6-8-30(9-7-17)19-13-32-14-19)4-5-22(20)28-25(24)21-12-31(27)23(29-26)10-16(21)3/h4-5,10-12,15,17,19,28H,6-9,13-14,26-27H2,1-3H3/b29-23-. The van der Waals surface area contributed by atoms with Gasteiger partial charge < -0.3 is 21.4 Å². The number of rotatable bonds is 4. The van der Waals surface area contributed by atoms with E-state index in [2.05, 4.69) is 54.0 Å². The van der Waals surface area contributed by atoms with Crippen molar-refractivity contribution in [2.24, 2.45) is 10.9 Å². The first-order valence-corrected chi connectivity index (χ1v) is 11.7. The van der Waals surface area contributed by atoms with Crippen LogP contribution in [0.2, 0.25) is 0 Å². The zero-order chi connectivity index (χ0) is 22.4. The van der Waals surface area contributed by atoms with Gasteiger partial charge in [-0.15, -0.1) is 0 Å². The number of likely N-dealkylation sites (tertiary alicyclic amines) is 1. The Bertz CT molecular complexity index is 1200. The van der Waals surface area contributed by atoms with Crippen molar-refractivity contribution in [3.63, 3.8) is 0 Å². The monoisotopic (exact) mass is 434 g/mol. The lowest BCUT2D eigenvalue weighted by atomic mass is 9.87. The molecule has 5 rings (SSSR count). The summed E-state index contributed by atoms with van der Waals surface area (Å²) < 4.78 is 6.88. The summed E-state index contributed by atoms with van der Waals surface area (Å²) in [5, 5.41) is 5.09. The van der Waals surface area contributed by atoms with Crippen LogP contribution in [0.5, 0.6) is 0 Å². The molecule has 2 saturated heterocycles. The number of nitrogen functional groups attached to an aromatic ring is 1. The van der Waals surface area contributed by atoms with Crippen LogP contribution in [0.25, 0.3) is 22.2 Å². The molecule has 2 fully saturated rings. The number of piperidine rings is 1. The molecule has 0 radical (unpaired) electrons. The van der Waals surface area contributed by atoms with Gasteiger partial charge in [0.1, 0.15) is 0 Å². The van der Waals surface area contributed by atoms with E-state index in [0.717, 1.165) is 30.0 Å². The molecular formula is C25H34N6O. The summed E-state index contributed by atoms with van der Waals surface area (Å²) in [4.78, 5) is 6.29. The Morgan fingerprint density at radius 2 is 1.91 bits per heavy atom. The lowest BCUT2D eigenvalue weighted by molar-refractivity contribution is -0.0712. The molecule has 32 heavy (non-hydrogen) atoms. The minimum absolute atomic E-state index is 0.374. The molecule has 4 heterocycles. The highest BCUT2D eigenvalue weighted by Crippen LogP contribution is 2.39. The average Bonchev–Trinajstić information content (AvgIpc) is 3.13. The average molecular weight is 435 g/mol. The SMILES string of the molecule is Cc1c/c(=N/N)n(N)cc1-c1[nH]c2ccc(C3CCN(C4COC4)CC3)cc2c1C(C)C. The first kappa shape index (κ1) is 21.1. The highest BCUT2D eigenvalue weighted by Gasteiger charge is 2.30. The summed E-state index contributed by atoms with van der Waals surface area (Å²) in [6, 6.07) is 9.56. The first-order chi connectivity index (χ1) is 15.5. The third kappa shape index (κ3) is 3.59. The maximum Gasteiger partial charge on any atom is 0.170 e. The minimum atomic E-state index is 0.374. The van der Waals surface area contributed by atoms with Gasteiger partial charge in [0.2, 0.25) is 0 Å².